The first-order valence-corrected chi connectivity index (χ1v) is 6.60. The standard InChI is InChI=1S/C13H19N3O4/c1-3-20-13(4-6-19-7-5-13)12-15-8(2)9(11(17)18)10(14)16-12/h3-7H2,1-2H3,(H,17,18)(H2,14,15,16). The molecule has 1 saturated heterocycles. The molecule has 0 amide bonds. The van der Waals surface area contributed by atoms with Crippen molar-refractivity contribution in [3.63, 3.8) is 0 Å². The van der Waals surface area contributed by atoms with Crippen LogP contribution in [-0.2, 0) is 15.1 Å². The maximum Gasteiger partial charge on any atom is 0.341 e. The molecule has 1 aliphatic rings. The molecule has 2 rings (SSSR count). The summed E-state index contributed by atoms with van der Waals surface area (Å²) >= 11 is 0. The summed E-state index contributed by atoms with van der Waals surface area (Å²) in [6.45, 7) is 5.15. The van der Waals surface area contributed by atoms with Gasteiger partial charge in [-0.25, -0.2) is 14.8 Å². The number of nitrogens with two attached hydrogens (primary N) is 1. The van der Waals surface area contributed by atoms with Crippen LogP contribution in [0.5, 0.6) is 0 Å². The molecule has 3 N–H and O–H groups in total. The first kappa shape index (κ1) is 14.7. The lowest BCUT2D eigenvalue weighted by Crippen LogP contribution is -2.39. The van der Waals surface area contributed by atoms with E-state index in [1.165, 1.54) is 0 Å². The quantitative estimate of drug-likeness (QED) is 0.851. The number of rotatable bonds is 4. The zero-order valence-corrected chi connectivity index (χ0v) is 11.7. The minimum absolute atomic E-state index is 0.0226. The van der Waals surface area contributed by atoms with Gasteiger partial charge >= 0.3 is 5.97 Å². The molecule has 1 fully saturated rings. The molecule has 0 unspecified atom stereocenters. The van der Waals surface area contributed by atoms with Crippen LogP contribution in [-0.4, -0.2) is 40.9 Å². The summed E-state index contributed by atoms with van der Waals surface area (Å²) in [6, 6.07) is 0. The lowest BCUT2D eigenvalue weighted by Gasteiger charge is -2.35. The molecule has 20 heavy (non-hydrogen) atoms. The van der Waals surface area contributed by atoms with Gasteiger partial charge in [-0.3, -0.25) is 0 Å². The van der Waals surface area contributed by atoms with Crippen LogP contribution in [0.4, 0.5) is 5.82 Å². The third-order valence-corrected chi connectivity index (χ3v) is 3.46. The fraction of sp³-hybridized carbons (Fsp3) is 0.615. The van der Waals surface area contributed by atoms with Gasteiger partial charge in [0.2, 0.25) is 0 Å². The van der Waals surface area contributed by atoms with E-state index < -0.39 is 11.6 Å². The Labute approximate surface area is 117 Å². The summed E-state index contributed by atoms with van der Waals surface area (Å²) in [5.74, 6) is -0.697. The Morgan fingerprint density at radius 1 is 1.45 bits per heavy atom. The van der Waals surface area contributed by atoms with Gasteiger partial charge in [-0.1, -0.05) is 0 Å². The van der Waals surface area contributed by atoms with Crippen LogP contribution < -0.4 is 5.73 Å². The molecule has 0 spiro atoms. The van der Waals surface area contributed by atoms with Crippen LogP contribution in [0.2, 0.25) is 0 Å². The minimum atomic E-state index is -1.12. The minimum Gasteiger partial charge on any atom is -0.477 e. The van der Waals surface area contributed by atoms with Crippen molar-refractivity contribution in [2.24, 2.45) is 0 Å². The van der Waals surface area contributed by atoms with Crippen molar-refractivity contribution < 1.29 is 19.4 Å². The highest BCUT2D eigenvalue weighted by molar-refractivity contribution is 5.93. The normalized spacial score (nSPS) is 17.9. The smallest absolute Gasteiger partial charge is 0.341 e. The molecule has 1 aliphatic heterocycles. The molecule has 7 heteroatoms. The van der Waals surface area contributed by atoms with E-state index in [4.69, 9.17) is 20.3 Å². The van der Waals surface area contributed by atoms with Gasteiger partial charge in [0.05, 0.1) is 5.69 Å². The number of carboxylic acid groups (broad SMARTS) is 1. The average molecular weight is 281 g/mol. The number of nitrogens with zero attached hydrogens (tertiary/aromatic N) is 2. The Bertz CT molecular complexity index is 484. The van der Waals surface area contributed by atoms with E-state index in [9.17, 15) is 4.79 Å². The predicted molar refractivity (Wildman–Crippen MR) is 71.5 cm³/mol. The van der Waals surface area contributed by atoms with Crippen LogP contribution >= 0.6 is 0 Å². The maximum atomic E-state index is 11.1. The van der Waals surface area contributed by atoms with Crippen LogP contribution in [0.15, 0.2) is 0 Å². The van der Waals surface area contributed by atoms with E-state index >= 15 is 0 Å². The number of nitrogen functional groups attached to an aromatic ring is 1. The molecule has 0 aromatic carbocycles. The highest BCUT2D eigenvalue weighted by Gasteiger charge is 2.39. The van der Waals surface area contributed by atoms with Gasteiger partial charge in [0.25, 0.3) is 0 Å². The predicted octanol–water partition coefficient (Wildman–Crippen LogP) is 1.11. The van der Waals surface area contributed by atoms with Crippen molar-refractivity contribution in [2.45, 2.75) is 32.3 Å². The number of aromatic carboxylic acids is 1. The number of carboxylic acids is 1. The molecular formula is C13H19N3O4. The maximum absolute atomic E-state index is 11.1. The molecular weight excluding hydrogens is 262 g/mol. The highest BCUT2D eigenvalue weighted by atomic mass is 16.5. The lowest BCUT2D eigenvalue weighted by molar-refractivity contribution is -0.117. The monoisotopic (exact) mass is 281 g/mol. The zero-order chi connectivity index (χ0) is 14.8. The Balaban J connectivity index is 2.47. The second-order valence-corrected chi connectivity index (χ2v) is 4.74. The van der Waals surface area contributed by atoms with Crippen LogP contribution in [0.25, 0.3) is 0 Å². The Kier molecular flexibility index (Phi) is 4.20. The van der Waals surface area contributed by atoms with Crippen LogP contribution in [0.1, 0.15) is 41.6 Å². The fourth-order valence-corrected chi connectivity index (χ4v) is 2.47. The van der Waals surface area contributed by atoms with E-state index in [0.29, 0.717) is 44.2 Å². The summed E-state index contributed by atoms with van der Waals surface area (Å²) in [4.78, 5) is 19.6. The molecule has 2 heterocycles. The molecule has 1 aromatic rings. The van der Waals surface area contributed by atoms with Gasteiger partial charge in [-0.2, -0.15) is 0 Å². The third-order valence-electron chi connectivity index (χ3n) is 3.46. The number of ether oxygens (including phenoxy) is 2. The summed E-state index contributed by atoms with van der Waals surface area (Å²) in [5.41, 5.74) is 5.43. The van der Waals surface area contributed by atoms with E-state index in [-0.39, 0.29) is 11.4 Å². The molecule has 0 aliphatic carbocycles. The highest BCUT2D eigenvalue weighted by Crippen LogP contribution is 2.35. The Morgan fingerprint density at radius 3 is 2.60 bits per heavy atom. The summed E-state index contributed by atoms with van der Waals surface area (Å²) < 4.78 is 11.2. The average Bonchev–Trinajstić information content (AvgIpc) is 2.38. The van der Waals surface area contributed by atoms with Crippen LogP contribution in [0.3, 0.4) is 0 Å². The molecule has 110 valence electrons. The molecule has 1 aromatic heterocycles. The number of hydrogen-bond donors (Lipinski definition) is 2. The van der Waals surface area contributed by atoms with E-state index in [2.05, 4.69) is 9.97 Å². The molecule has 7 nitrogen and oxygen atoms in total. The van der Waals surface area contributed by atoms with Gasteiger partial charge < -0.3 is 20.3 Å². The van der Waals surface area contributed by atoms with Gasteiger partial charge in [-0.15, -0.1) is 0 Å². The second-order valence-electron chi connectivity index (χ2n) is 4.74. The van der Waals surface area contributed by atoms with Crippen molar-refractivity contribution in [3.8, 4) is 0 Å². The number of hydrogen-bond acceptors (Lipinski definition) is 6. The van der Waals surface area contributed by atoms with Gasteiger partial charge in [0.1, 0.15) is 17.0 Å². The van der Waals surface area contributed by atoms with E-state index in [1.54, 1.807) is 6.92 Å². The van der Waals surface area contributed by atoms with E-state index in [1.807, 2.05) is 6.92 Å². The second kappa shape index (κ2) is 5.72. The first-order chi connectivity index (χ1) is 9.50. The van der Waals surface area contributed by atoms with Gasteiger partial charge in [0, 0.05) is 32.7 Å². The van der Waals surface area contributed by atoms with Crippen molar-refractivity contribution in [1.29, 1.82) is 0 Å². The lowest BCUT2D eigenvalue weighted by atomic mass is 9.92. The van der Waals surface area contributed by atoms with Crippen molar-refractivity contribution in [1.82, 2.24) is 9.97 Å². The van der Waals surface area contributed by atoms with Crippen molar-refractivity contribution >= 4 is 11.8 Å². The third kappa shape index (κ3) is 2.59. The number of aromatic nitrogens is 2. The summed E-state index contributed by atoms with van der Waals surface area (Å²) in [5, 5.41) is 9.10. The first-order valence-electron chi connectivity index (χ1n) is 6.60. The summed E-state index contributed by atoms with van der Waals surface area (Å²) in [6.07, 6.45) is 1.26. The fourth-order valence-electron chi connectivity index (χ4n) is 2.47. The Hall–Kier alpha value is -1.73. The number of aryl methyl sites for hydroxylation is 1. The van der Waals surface area contributed by atoms with Gasteiger partial charge in [-0.05, 0) is 13.8 Å². The SMILES string of the molecule is CCOC1(c2nc(C)c(C(=O)O)c(N)n2)CCOCC1. The Morgan fingerprint density at radius 2 is 2.10 bits per heavy atom. The van der Waals surface area contributed by atoms with Crippen molar-refractivity contribution in [3.05, 3.63) is 17.1 Å². The van der Waals surface area contributed by atoms with Crippen molar-refractivity contribution in [2.75, 3.05) is 25.6 Å². The van der Waals surface area contributed by atoms with E-state index in [0.717, 1.165) is 0 Å². The number of carbonyl (C=O) groups is 1. The molecule has 0 atom stereocenters. The molecule has 0 radical (unpaired) electrons. The largest absolute Gasteiger partial charge is 0.477 e. The zero-order valence-electron chi connectivity index (χ0n) is 11.7. The topological polar surface area (TPSA) is 108 Å². The number of anilines is 1. The summed E-state index contributed by atoms with van der Waals surface area (Å²) in [7, 11) is 0. The van der Waals surface area contributed by atoms with Crippen LogP contribution in [0, 0.1) is 6.92 Å². The molecule has 0 bridgehead atoms. The molecule has 0 saturated carbocycles. The van der Waals surface area contributed by atoms with Gasteiger partial charge in [0.15, 0.2) is 5.82 Å².